The van der Waals surface area contributed by atoms with Crippen LogP contribution >= 0.6 is 0 Å². The Kier molecular flexibility index (Phi) is 6.96. The van der Waals surface area contributed by atoms with E-state index in [9.17, 15) is 19.2 Å². The van der Waals surface area contributed by atoms with Crippen molar-refractivity contribution in [3.05, 3.63) is 65.4 Å². The van der Waals surface area contributed by atoms with E-state index in [2.05, 4.69) is 0 Å². The number of ether oxygens (including phenoxy) is 1. The second-order valence-electron chi connectivity index (χ2n) is 9.97. The third kappa shape index (κ3) is 4.51. The Bertz CT molecular complexity index is 1370. The average Bonchev–Trinajstić information content (AvgIpc) is 3.36. The van der Waals surface area contributed by atoms with Crippen LogP contribution < -0.4 is 0 Å². The molecule has 3 aliphatic heterocycles. The van der Waals surface area contributed by atoms with E-state index in [0.717, 1.165) is 24.1 Å². The maximum atomic E-state index is 13.6. The van der Waals surface area contributed by atoms with Gasteiger partial charge in [-0.2, -0.15) is 5.10 Å². The van der Waals surface area contributed by atoms with Gasteiger partial charge in [0.25, 0.3) is 11.8 Å². The molecule has 0 aliphatic carbocycles. The highest BCUT2D eigenvalue weighted by Gasteiger charge is 2.37. The summed E-state index contributed by atoms with van der Waals surface area (Å²) in [6.07, 6.45) is 1.78. The molecular formula is C28H30N4O5S. The molecule has 2 fully saturated rings. The van der Waals surface area contributed by atoms with Crippen molar-refractivity contribution < 1.29 is 24.0 Å². The largest absolute Gasteiger partial charge is 0.611 e. The minimum atomic E-state index is -1.30. The summed E-state index contributed by atoms with van der Waals surface area (Å²) < 4.78 is 20.3. The smallest absolute Gasteiger partial charge is 0.275 e. The number of rotatable bonds is 4. The molecule has 9 nitrogen and oxygen atoms in total. The molecule has 2 amide bonds. The van der Waals surface area contributed by atoms with E-state index in [1.807, 2.05) is 36.4 Å². The molecule has 3 aliphatic rings. The van der Waals surface area contributed by atoms with Gasteiger partial charge in [-0.25, -0.2) is 4.68 Å². The van der Waals surface area contributed by atoms with Gasteiger partial charge in [-0.05, 0) is 60.3 Å². The van der Waals surface area contributed by atoms with Gasteiger partial charge in [-0.3, -0.25) is 9.59 Å². The van der Waals surface area contributed by atoms with Crippen LogP contribution in [0.25, 0.3) is 16.9 Å². The first-order valence-corrected chi connectivity index (χ1v) is 14.3. The van der Waals surface area contributed by atoms with Crippen molar-refractivity contribution in [1.82, 2.24) is 19.6 Å². The lowest BCUT2D eigenvalue weighted by atomic mass is 9.98. The molecule has 3 aromatic rings. The number of piperidine rings is 1. The Morgan fingerprint density at radius 2 is 1.87 bits per heavy atom. The number of hydrogen-bond donors (Lipinski definition) is 1. The average molecular weight is 535 g/mol. The summed E-state index contributed by atoms with van der Waals surface area (Å²) in [4.78, 5) is 31.2. The normalized spacial score (nSPS) is 21.1. The molecule has 0 spiro atoms. The van der Waals surface area contributed by atoms with E-state index in [-0.39, 0.29) is 30.1 Å². The zero-order valence-electron chi connectivity index (χ0n) is 21.0. The van der Waals surface area contributed by atoms with Crippen LogP contribution in [0.4, 0.5) is 0 Å². The van der Waals surface area contributed by atoms with Crippen molar-refractivity contribution in [2.45, 2.75) is 23.5 Å². The molecule has 10 heteroatoms. The number of benzene rings is 2. The van der Waals surface area contributed by atoms with Crippen LogP contribution in [-0.4, -0.2) is 87.1 Å². The lowest BCUT2D eigenvalue weighted by Crippen LogP contribution is -2.41. The van der Waals surface area contributed by atoms with Gasteiger partial charge in [0.2, 0.25) is 0 Å². The van der Waals surface area contributed by atoms with Crippen molar-refractivity contribution in [3.8, 4) is 16.9 Å². The fourth-order valence-electron chi connectivity index (χ4n) is 5.56. The number of carbonyl (C=O) groups excluding carboxylic acids is 2. The summed E-state index contributed by atoms with van der Waals surface area (Å²) in [5.41, 5.74) is 3.66. The second-order valence-corrected chi connectivity index (χ2v) is 11.4. The van der Waals surface area contributed by atoms with Crippen LogP contribution in [0.15, 0.2) is 53.4 Å². The third-order valence-corrected chi connectivity index (χ3v) is 8.95. The zero-order valence-corrected chi connectivity index (χ0v) is 21.9. The molecule has 0 saturated carbocycles. The highest BCUT2D eigenvalue weighted by molar-refractivity contribution is 7.90. The first-order valence-electron chi connectivity index (χ1n) is 13.0. The second kappa shape index (κ2) is 10.5. The highest BCUT2D eigenvalue weighted by atomic mass is 32.2. The topological polar surface area (TPSA) is 111 Å². The minimum absolute atomic E-state index is 0.0734. The number of likely N-dealkylation sites (tertiary alicyclic amines) is 1. The van der Waals surface area contributed by atoms with Gasteiger partial charge in [0.05, 0.1) is 35.7 Å². The van der Waals surface area contributed by atoms with Crippen molar-refractivity contribution >= 4 is 23.0 Å². The zero-order chi connectivity index (χ0) is 26.2. The van der Waals surface area contributed by atoms with E-state index in [1.165, 1.54) is 0 Å². The number of aromatic nitrogens is 2. The number of aliphatic hydroxyl groups is 1. The van der Waals surface area contributed by atoms with Gasteiger partial charge < -0.3 is 24.2 Å². The van der Waals surface area contributed by atoms with E-state index >= 15 is 0 Å². The number of amides is 2. The van der Waals surface area contributed by atoms with E-state index < -0.39 is 11.2 Å². The highest BCUT2D eigenvalue weighted by Crippen LogP contribution is 2.41. The van der Waals surface area contributed by atoms with Crippen molar-refractivity contribution in [3.63, 3.8) is 0 Å². The monoisotopic (exact) mass is 534 g/mol. The lowest BCUT2D eigenvalue weighted by Gasteiger charge is -2.32. The van der Waals surface area contributed by atoms with Crippen LogP contribution in [0.3, 0.4) is 0 Å². The molecular weight excluding hydrogens is 504 g/mol. The summed E-state index contributed by atoms with van der Waals surface area (Å²) in [7, 11) is 0. The SMILES string of the molecule is O=C(c1cccc(-n2nc(C(=O)N3CCOCC3)c3c2-c2ccccc2[S+]([O-])C3)c1)N1CCCC(CO)C1. The molecule has 1 aromatic heterocycles. The summed E-state index contributed by atoms with van der Waals surface area (Å²) in [5, 5.41) is 14.4. The molecule has 2 unspecified atom stereocenters. The van der Waals surface area contributed by atoms with Crippen LogP contribution in [0.2, 0.25) is 0 Å². The van der Waals surface area contributed by atoms with Gasteiger partial charge in [0.1, 0.15) is 5.75 Å². The molecule has 38 heavy (non-hydrogen) atoms. The molecule has 198 valence electrons. The van der Waals surface area contributed by atoms with Crippen LogP contribution in [0.1, 0.15) is 39.3 Å². The van der Waals surface area contributed by atoms with Gasteiger partial charge in [-0.1, -0.05) is 18.2 Å². The van der Waals surface area contributed by atoms with E-state index in [4.69, 9.17) is 9.84 Å². The molecule has 1 N–H and O–H groups in total. The molecule has 0 radical (unpaired) electrons. The maximum absolute atomic E-state index is 13.6. The Labute approximate surface area is 224 Å². The number of nitrogens with zero attached hydrogens (tertiary/aromatic N) is 4. The lowest BCUT2D eigenvalue weighted by molar-refractivity contribution is 0.0298. The number of carbonyl (C=O) groups is 2. The molecule has 4 heterocycles. The van der Waals surface area contributed by atoms with Gasteiger partial charge in [-0.15, -0.1) is 0 Å². The van der Waals surface area contributed by atoms with Crippen molar-refractivity contribution in [2.24, 2.45) is 5.92 Å². The quantitative estimate of drug-likeness (QED) is 0.515. The van der Waals surface area contributed by atoms with E-state index in [1.54, 1.807) is 26.6 Å². The van der Waals surface area contributed by atoms with Gasteiger partial charge in [0.15, 0.2) is 10.6 Å². The fourth-order valence-corrected chi connectivity index (χ4v) is 6.89. The molecule has 0 bridgehead atoms. The summed E-state index contributed by atoms with van der Waals surface area (Å²) in [6.45, 7) is 3.18. The summed E-state index contributed by atoms with van der Waals surface area (Å²) >= 11 is -1.30. The Morgan fingerprint density at radius 1 is 1.05 bits per heavy atom. The first-order chi connectivity index (χ1) is 18.5. The Hall–Kier alpha value is -3.18. The van der Waals surface area contributed by atoms with Crippen LogP contribution in [0.5, 0.6) is 0 Å². The van der Waals surface area contributed by atoms with Crippen molar-refractivity contribution in [1.29, 1.82) is 0 Å². The number of morpholine rings is 1. The van der Waals surface area contributed by atoms with Crippen molar-refractivity contribution in [2.75, 3.05) is 46.0 Å². The molecule has 6 rings (SSSR count). The third-order valence-electron chi connectivity index (χ3n) is 7.55. The number of aliphatic hydroxyl groups excluding tert-OH is 1. The predicted octanol–water partition coefficient (Wildman–Crippen LogP) is 2.48. The fraction of sp³-hybridized carbons (Fsp3) is 0.393. The van der Waals surface area contributed by atoms with E-state index in [0.29, 0.717) is 66.8 Å². The predicted molar refractivity (Wildman–Crippen MR) is 142 cm³/mol. The van der Waals surface area contributed by atoms with Crippen LogP contribution in [0, 0.1) is 5.92 Å². The molecule has 2 aromatic carbocycles. The summed E-state index contributed by atoms with van der Waals surface area (Å²) in [6, 6.07) is 14.8. The Morgan fingerprint density at radius 3 is 2.68 bits per heavy atom. The number of hydrogen-bond acceptors (Lipinski definition) is 6. The van der Waals surface area contributed by atoms with Gasteiger partial charge in [0, 0.05) is 38.3 Å². The summed E-state index contributed by atoms with van der Waals surface area (Å²) in [5.74, 6) is 0.0137. The molecule has 2 saturated heterocycles. The minimum Gasteiger partial charge on any atom is -0.611 e. The first kappa shape index (κ1) is 25.1. The molecule has 2 atom stereocenters. The number of fused-ring (bicyclic) bond motifs is 3. The maximum Gasteiger partial charge on any atom is 0.275 e. The van der Waals surface area contributed by atoms with Crippen LogP contribution in [-0.2, 0) is 21.7 Å². The van der Waals surface area contributed by atoms with Gasteiger partial charge >= 0.3 is 0 Å². The standard InChI is InChI=1S/C28H30N4O5S/c33-17-19-5-4-10-31(16-19)27(34)20-6-3-7-21(15-20)32-26-22-8-1-2-9-24(22)38(36)18-23(26)25(29-32)28(35)30-11-13-37-14-12-30/h1-3,6-9,15,19,33H,4-5,10-14,16-18H2. The Balaban J connectivity index is 1.43.